The summed E-state index contributed by atoms with van der Waals surface area (Å²) in [7, 11) is 1.93. The molecule has 2 saturated heterocycles. The molecule has 0 aromatic carbocycles. The quantitative estimate of drug-likeness (QED) is 0.635. The van der Waals surface area contributed by atoms with Crippen molar-refractivity contribution in [1.82, 2.24) is 15.1 Å². The van der Waals surface area contributed by atoms with Crippen LogP contribution in [0.5, 0.6) is 0 Å². The van der Waals surface area contributed by atoms with Crippen molar-refractivity contribution < 1.29 is 4.74 Å². The molecule has 5 nitrogen and oxygen atoms in total. The third kappa shape index (κ3) is 4.38. The van der Waals surface area contributed by atoms with Crippen LogP contribution < -0.4 is 5.32 Å². The number of ether oxygens (including phenoxy) is 1. The van der Waals surface area contributed by atoms with Gasteiger partial charge in [-0.2, -0.15) is 0 Å². The minimum absolute atomic E-state index is 0.672. The van der Waals surface area contributed by atoms with Gasteiger partial charge in [-0.1, -0.05) is 26.2 Å². The topological polar surface area (TPSA) is 40.1 Å². The number of hydrogen-bond donors (Lipinski definition) is 1. The molecule has 1 N–H and O–H groups in total. The number of nitrogens with one attached hydrogen (secondary N) is 1. The van der Waals surface area contributed by atoms with Crippen molar-refractivity contribution in [3.8, 4) is 0 Å². The van der Waals surface area contributed by atoms with E-state index in [1.807, 2.05) is 7.05 Å². The van der Waals surface area contributed by atoms with E-state index in [0.717, 1.165) is 63.7 Å². The number of guanidine groups is 1. The fourth-order valence-electron chi connectivity index (χ4n) is 4.43. The summed E-state index contributed by atoms with van der Waals surface area (Å²) in [5, 5.41) is 3.67. The average molecular weight is 322 g/mol. The second kappa shape index (κ2) is 8.34. The highest BCUT2D eigenvalue weighted by atomic mass is 16.5. The first kappa shape index (κ1) is 17.0. The van der Waals surface area contributed by atoms with Gasteiger partial charge in [-0.15, -0.1) is 0 Å². The van der Waals surface area contributed by atoms with Crippen molar-refractivity contribution in [1.29, 1.82) is 0 Å². The monoisotopic (exact) mass is 322 g/mol. The highest BCUT2D eigenvalue weighted by molar-refractivity contribution is 5.80. The number of aliphatic imine (C=N–C) groups is 1. The first-order valence-corrected chi connectivity index (χ1v) is 9.55. The maximum absolute atomic E-state index is 5.48. The van der Waals surface area contributed by atoms with Crippen molar-refractivity contribution >= 4 is 5.96 Å². The van der Waals surface area contributed by atoms with E-state index in [1.54, 1.807) is 0 Å². The van der Waals surface area contributed by atoms with Gasteiger partial charge in [0.15, 0.2) is 5.96 Å². The Labute approximate surface area is 141 Å². The van der Waals surface area contributed by atoms with Crippen LogP contribution in [0, 0.1) is 11.8 Å². The molecule has 2 heterocycles. The van der Waals surface area contributed by atoms with Gasteiger partial charge in [0.1, 0.15) is 0 Å². The van der Waals surface area contributed by atoms with Crippen LogP contribution in [-0.4, -0.2) is 74.8 Å². The summed E-state index contributed by atoms with van der Waals surface area (Å²) in [4.78, 5) is 9.60. The lowest BCUT2D eigenvalue weighted by atomic mass is 9.80. The lowest BCUT2D eigenvalue weighted by molar-refractivity contribution is 0.0194. The van der Waals surface area contributed by atoms with Crippen molar-refractivity contribution in [3.05, 3.63) is 0 Å². The van der Waals surface area contributed by atoms with Crippen molar-refractivity contribution in [2.75, 3.05) is 53.0 Å². The van der Waals surface area contributed by atoms with E-state index in [0.29, 0.717) is 6.04 Å². The van der Waals surface area contributed by atoms with Gasteiger partial charge in [0.05, 0.1) is 13.2 Å². The Balaban J connectivity index is 1.47. The normalized spacial score (nSPS) is 33.9. The number of rotatable bonds is 3. The lowest BCUT2D eigenvalue weighted by Crippen LogP contribution is -2.47. The van der Waals surface area contributed by atoms with Gasteiger partial charge < -0.3 is 15.0 Å². The molecule has 0 aromatic rings. The smallest absolute Gasteiger partial charge is 0.193 e. The van der Waals surface area contributed by atoms with E-state index in [9.17, 15) is 0 Å². The van der Waals surface area contributed by atoms with E-state index in [-0.39, 0.29) is 0 Å². The first-order chi connectivity index (χ1) is 11.3. The van der Waals surface area contributed by atoms with Gasteiger partial charge in [-0.25, -0.2) is 0 Å². The minimum Gasteiger partial charge on any atom is -0.379 e. The van der Waals surface area contributed by atoms with E-state index in [2.05, 4.69) is 27.0 Å². The van der Waals surface area contributed by atoms with Crippen molar-refractivity contribution in [3.63, 3.8) is 0 Å². The van der Waals surface area contributed by atoms with Crippen LogP contribution in [0.25, 0.3) is 0 Å². The predicted molar refractivity (Wildman–Crippen MR) is 94.9 cm³/mol. The molecule has 2 aliphatic heterocycles. The zero-order valence-corrected chi connectivity index (χ0v) is 15.0. The maximum atomic E-state index is 5.48. The summed E-state index contributed by atoms with van der Waals surface area (Å²) < 4.78 is 5.48. The summed E-state index contributed by atoms with van der Waals surface area (Å²) in [5.74, 6) is 2.78. The predicted octanol–water partition coefficient (Wildman–Crippen LogP) is 1.79. The van der Waals surface area contributed by atoms with Crippen LogP contribution in [0.15, 0.2) is 4.99 Å². The number of morpholine rings is 1. The number of likely N-dealkylation sites (tertiary alicyclic amines) is 1. The third-order valence-electron chi connectivity index (χ3n) is 6.05. The summed E-state index contributed by atoms with van der Waals surface area (Å²) >= 11 is 0. The fraction of sp³-hybridized carbons (Fsp3) is 0.944. The third-order valence-corrected chi connectivity index (χ3v) is 6.05. The average Bonchev–Trinajstić information content (AvgIpc) is 3.08. The van der Waals surface area contributed by atoms with Gasteiger partial charge in [0.25, 0.3) is 0 Å². The molecule has 1 saturated carbocycles. The SMILES string of the molecule is CN=C(NCC1CCCCC1C)N1CCC(N2CCOCC2)C1. The van der Waals surface area contributed by atoms with Crippen LogP contribution in [0.3, 0.4) is 0 Å². The summed E-state index contributed by atoms with van der Waals surface area (Å²) in [6.45, 7) is 9.70. The molecular weight excluding hydrogens is 288 g/mol. The van der Waals surface area contributed by atoms with Crippen LogP contribution in [0.2, 0.25) is 0 Å². The molecule has 0 amide bonds. The summed E-state index contributed by atoms with van der Waals surface area (Å²) in [5.41, 5.74) is 0. The molecule has 0 spiro atoms. The molecule has 3 aliphatic rings. The Morgan fingerprint density at radius 2 is 1.91 bits per heavy atom. The number of nitrogens with zero attached hydrogens (tertiary/aromatic N) is 3. The van der Waals surface area contributed by atoms with Gasteiger partial charge in [-0.3, -0.25) is 9.89 Å². The Morgan fingerprint density at radius 1 is 1.13 bits per heavy atom. The van der Waals surface area contributed by atoms with E-state index in [1.165, 1.54) is 32.1 Å². The van der Waals surface area contributed by atoms with E-state index >= 15 is 0 Å². The molecule has 0 radical (unpaired) electrons. The molecule has 0 aromatic heterocycles. The number of hydrogen-bond acceptors (Lipinski definition) is 3. The van der Waals surface area contributed by atoms with Crippen molar-refractivity contribution in [2.45, 2.75) is 45.1 Å². The van der Waals surface area contributed by atoms with Gasteiger partial charge in [-0.05, 0) is 24.7 Å². The van der Waals surface area contributed by atoms with Gasteiger partial charge >= 0.3 is 0 Å². The molecule has 3 rings (SSSR count). The molecule has 3 unspecified atom stereocenters. The van der Waals surface area contributed by atoms with E-state index < -0.39 is 0 Å². The maximum Gasteiger partial charge on any atom is 0.193 e. The van der Waals surface area contributed by atoms with Crippen LogP contribution in [-0.2, 0) is 4.74 Å². The first-order valence-electron chi connectivity index (χ1n) is 9.55. The van der Waals surface area contributed by atoms with E-state index in [4.69, 9.17) is 4.74 Å². The minimum atomic E-state index is 0.672. The molecule has 1 aliphatic carbocycles. The summed E-state index contributed by atoms with van der Waals surface area (Å²) in [6.07, 6.45) is 6.84. The fourth-order valence-corrected chi connectivity index (χ4v) is 4.43. The molecular formula is C18H34N4O. The Hall–Kier alpha value is -0.810. The van der Waals surface area contributed by atoms with Crippen LogP contribution in [0.4, 0.5) is 0 Å². The Morgan fingerprint density at radius 3 is 2.65 bits per heavy atom. The lowest BCUT2D eigenvalue weighted by Gasteiger charge is -2.33. The Bertz CT molecular complexity index is 394. The highest BCUT2D eigenvalue weighted by Gasteiger charge is 2.30. The standard InChI is InChI=1S/C18H34N4O/c1-15-5-3-4-6-16(15)13-20-18(19-2)22-8-7-17(14-22)21-9-11-23-12-10-21/h15-17H,3-14H2,1-2H3,(H,19,20). The molecule has 3 fully saturated rings. The second-order valence-corrected chi connectivity index (χ2v) is 7.49. The van der Waals surface area contributed by atoms with Gasteiger partial charge in [0.2, 0.25) is 0 Å². The highest BCUT2D eigenvalue weighted by Crippen LogP contribution is 2.29. The molecule has 132 valence electrons. The second-order valence-electron chi connectivity index (χ2n) is 7.49. The molecule has 0 bridgehead atoms. The van der Waals surface area contributed by atoms with Crippen LogP contribution in [0.1, 0.15) is 39.0 Å². The van der Waals surface area contributed by atoms with Crippen LogP contribution >= 0.6 is 0 Å². The Kier molecular flexibility index (Phi) is 6.17. The largest absolute Gasteiger partial charge is 0.379 e. The molecule has 3 atom stereocenters. The molecule has 5 heteroatoms. The zero-order chi connectivity index (χ0) is 16.1. The molecule has 23 heavy (non-hydrogen) atoms. The zero-order valence-electron chi connectivity index (χ0n) is 15.0. The van der Waals surface area contributed by atoms with Gasteiger partial charge in [0, 0.05) is 45.8 Å². The van der Waals surface area contributed by atoms with Crippen molar-refractivity contribution in [2.24, 2.45) is 16.8 Å². The summed E-state index contributed by atoms with van der Waals surface area (Å²) in [6, 6.07) is 0.672.